The van der Waals surface area contributed by atoms with E-state index in [1.165, 1.54) is 49.8 Å². The maximum absolute atomic E-state index is 3.57. The standard InChI is InChI=1S/C18H29N/c1-4-19-13-16-8-6-5-7-9-18(16)17-11-14(2)10-15(3)12-17/h10-12,16,18-19H,4-9,13H2,1-3H3. The Hall–Kier alpha value is -0.820. The molecule has 1 aromatic carbocycles. The Morgan fingerprint density at radius 1 is 1.00 bits per heavy atom. The Bertz CT molecular complexity index is 376. The zero-order chi connectivity index (χ0) is 13.7. The molecule has 0 amide bonds. The van der Waals surface area contributed by atoms with Crippen LogP contribution in [0.1, 0.15) is 61.6 Å². The summed E-state index contributed by atoms with van der Waals surface area (Å²) in [5, 5.41) is 3.57. The third-order valence-corrected chi connectivity index (χ3v) is 4.49. The van der Waals surface area contributed by atoms with Crippen molar-refractivity contribution in [1.82, 2.24) is 5.32 Å². The van der Waals surface area contributed by atoms with Crippen molar-refractivity contribution in [2.75, 3.05) is 13.1 Å². The first-order valence-electron chi connectivity index (χ1n) is 7.99. The van der Waals surface area contributed by atoms with E-state index in [1.807, 2.05) is 0 Å². The summed E-state index contributed by atoms with van der Waals surface area (Å²) in [5.41, 5.74) is 4.42. The molecule has 1 saturated carbocycles. The van der Waals surface area contributed by atoms with Gasteiger partial charge in [0.1, 0.15) is 0 Å². The summed E-state index contributed by atoms with van der Waals surface area (Å²) >= 11 is 0. The van der Waals surface area contributed by atoms with Crippen LogP contribution < -0.4 is 5.32 Å². The maximum atomic E-state index is 3.57. The summed E-state index contributed by atoms with van der Waals surface area (Å²) in [6, 6.07) is 7.13. The van der Waals surface area contributed by atoms with E-state index in [0.29, 0.717) is 0 Å². The lowest BCUT2D eigenvalue weighted by molar-refractivity contribution is 0.378. The number of benzene rings is 1. The first kappa shape index (κ1) is 14.6. The van der Waals surface area contributed by atoms with Gasteiger partial charge in [-0.3, -0.25) is 0 Å². The quantitative estimate of drug-likeness (QED) is 0.781. The molecule has 106 valence electrons. The first-order chi connectivity index (χ1) is 9.20. The molecular weight excluding hydrogens is 230 g/mol. The lowest BCUT2D eigenvalue weighted by atomic mass is 9.81. The molecule has 0 heterocycles. The van der Waals surface area contributed by atoms with E-state index >= 15 is 0 Å². The third kappa shape index (κ3) is 4.07. The van der Waals surface area contributed by atoms with Crippen LogP contribution in [-0.2, 0) is 0 Å². The lowest BCUT2D eigenvalue weighted by Crippen LogP contribution is -2.26. The Balaban J connectivity index is 2.20. The average molecular weight is 259 g/mol. The van der Waals surface area contributed by atoms with Gasteiger partial charge < -0.3 is 5.32 Å². The molecule has 0 saturated heterocycles. The highest BCUT2D eigenvalue weighted by Gasteiger charge is 2.24. The minimum atomic E-state index is 0.764. The van der Waals surface area contributed by atoms with Crippen LogP contribution in [0.15, 0.2) is 18.2 Å². The van der Waals surface area contributed by atoms with E-state index in [1.54, 1.807) is 5.56 Å². The monoisotopic (exact) mass is 259 g/mol. The number of nitrogens with one attached hydrogen (secondary N) is 1. The Kier molecular flexibility index (Phi) is 5.45. The van der Waals surface area contributed by atoms with Gasteiger partial charge in [-0.2, -0.15) is 0 Å². The molecule has 0 spiro atoms. The summed E-state index contributed by atoms with van der Waals surface area (Å²) in [4.78, 5) is 0. The molecule has 2 atom stereocenters. The van der Waals surface area contributed by atoms with Gasteiger partial charge in [0.2, 0.25) is 0 Å². The largest absolute Gasteiger partial charge is 0.317 e. The van der Waals surface area contributed by atoms with Gasteiger partial charge in [-0.15, -0.1) is 0 Å². The zero-order valence-electron chi connectivity index (χ0n) is 12.8. The second-order valence-electron chi connectivity index (χ2n) is 6.23. The van der Waals surface area contributed by atoms with Crippen LogP contribution in [0.4, 0.5) is 0 Å². The highest BCUT2D eigenvalue weighted by Crippen LogP contribution is 2.36. The second-order valence-corrected chi connectivity index (χ2v) is 6.23. The zero-order valence-corrected chi connectivity index (χ0v) is 12.8. The smallest absolute Gasteiger partial charge is 0.00148 e. The van der Waals surface area contributed by atoms with Crippen LogP contribution in [0.3, 0.4) is 0 Å². The van der Waals surface area contributed by atoms with Crippen molar-refractivity contribution in [3.63, 3.8) is 0 Å². The van der Waals surface area contributed by atoms with Crippen molar-refractivity contribution >= 4 is 0 Å². The molecule has 1 aliphatic rings. The maximum Gasteiger partial charge on any atom is -0.00148 e. The summed E-state index contributed by atoms with van der Waals surface area (Å²) in [7, 11) is 0. The van der Waals surface area contributed by atoms with E-state index < -0.39 is 0 Å². The Labute approximate surface area is 118 Å². The third-order valence-electron chi connectivity index (χ3n) is 4.49. The van der Waals surface area contributed by atoms with Gasteiger partial charge in [0.15, 0.2) is 0 Å². The molecule has 0 aliphatic heterocycles. The van der Waals surface area contributed by atoms with Crippen molar-refractivity contribution < 1.29 is 0 Å². The fourth-order valence-corrected chi connectivity index (χ4v) is 3.62. The van der Waals surface area contributed by atoms with Crippen molar-refractivity contribution in [2.24, 2.45) is 5.92 Å². The van der Waals surface area contributed by atoms with Gasteiger partial charge in [0.05, 0.1) is 0 Å². The van der Waals surface area contributed by atoms with E-state index in [4.69, 9.17) is 0 Å². The van der Waals surface area contributed by atoms with Gasteiger partial charge in [0, 0.05) is 0 Å². The molecule has 1 fully saturated rings. The van der Waals surface area contributed by atoms with Crippen molar-refractivity contribution in [3.8, 4) is 0 Å². The van der Waals surface area contributed by atoms with Crippen molar-refractivity contribution in [1.29, 1.82) is 0 Å². The highest BCUT2D eigenvalue weighted by atomic mass is 14.8. The molecule has 1 aromatic rings. The molecule has 2 rings (SSSR count). The molecule has 1 nitrogen and oxygen atoms in total. The molecule has 0 aromatic heterocycles. The fraction of sp³-hybridized carbons (Fsp3) is 0.667. The topological polar surface area (TPSA) is 12.0 Å². The summed E-state index contributed by atoms with van der Waals surface area (Å²) in [5.74, 6) is 1.59. The molecular formula is C18H29N. The van der Waals surface area contributed by atoms with E-state index in [9.17, 15) is 0 Å². The molecule has 2 unspecified atom stereocenters. The van der Waals surface area contributed by atoms with Crippen LogP contribution in [0.25, 0.3) is 0 Å². The summed E-state index contributed by atoms with van der Waals surface area (Å²) in [6.07, 6.45) is 7.01. The normalized spacial score (nSPS) is 24.2. The number of hydrogen-bond acceptors (Lipinski definition) is 1. The van der Waals surface area contributed by atoms with Crippen LogP contribution in [-0.4, -0.2) is 13.1 Å². The second kappa shape index (κ2) is 7.09. The van der Waals surface area contributed by atoms with Gasteiger partial charge in [-0.1, -0.05) is 55.5 Å². The molecule has 1 aliphatic carbocycles. The molecule has 0 bridgehead atoms. The Morgan fingerprint density at radius 2 is 1.68 bits per heavy atom. The van der Waals surface area contributed by atoms with Gasteiger partial charge in [-0.05, 0) is 57.2 Å². The van der Waals surface area contributed by atoms with E-state index in [-0.39, 0.29) is 0 Å². The van der Waals surface area contributed by atoms with Crippen LogP contribution in [0.5, 0.6) is 0 Å². The molecule has 0 radical (unpaired) electrons. The van der Waals surface area contributed by atoms with Crippen LogP contribution in [0, 0.1) is 19.8 Å². The minimum Gasteiger partial charge on any atom is -0.317 e. The van der Waals surface area contributed by atoms with Gasteiger partial charge in [-0.25, -0.2) is 0 Å². The number of rotatable bonds is 4. The fourth-order valence-electron chi connectivity index (χ4n) is 3.62. The van der Waals surface area contributed by atoms with E-state index in [2.05, 4.69) is 44.3 Å². The predicted octanol–water partition coefficient (Wildman–Crippen LogP) is 4.58. The lowest BCUT2D eigenvalue weighted by Gasteiger charge is -2.26. The average Bonchev–Trinajstić information content (AvgIpc) is 2.60. The summed E-state index contributed by atoms with van der Waals surface area (Å²) < 4.78 is 0. The molecule has 1 N–H and O–H groups in total. The molecule has 1 heteroatoms. The van der Waals surface area contributed by atoms with Gasteiger partial charge in [0.25, 0.3) is 0 Å². The predicted molar refractivity (Wildman–Crippen MR) is 83.8 cm³/mol. The summed E-state index contributed by atoms with van der Waals surface area (Å²) in [6.45, 7) is 8.95. The van der Waals surface area contributed by atoms with Crippen LogP contribution in [0.2, 0.25) is 0 Å². The van der Waals surface area contributed by atoms with E-state index in [0.717, 1.165) is 18.4 Å². The number of hydrogen-bond donors (Lipinski definition) is 1. The number of aryl methyl sites for hydroxylation is 2. The first-order valence-corrected chi connectivity index (χ1v) is 7.99. The van der Waals surface area contributed by atoms with Crippen molar-refractivity contribution in [2.45, 2.75) is 58.8 Å². The Morgan fingerprint density at radius 3 is 2.37 bits per heavy atom. The van der Waals surface area contributed by atoms with Crippen molar-refractivity contribution in [3.05, 3.63) is 34.9 Å². The van der Waals surface area contributed by atoms with Gasteiger partial charge >= 0.3 is 0 Å². The highest BCUT2D eigenvalue weighted by molar-refractivity contribution is 5.31. The molecule has 19 heavy (non-hydrogen) atoms. The minimum absolute atomic E-state index is 0.764. The SMILES string of the molecule is CCNCC1CCCCCC1c1cc(C)cc(C)c1. The van der Waals surface area contributed by atoms with Crippen LogP contribution >= 0.6 is 0 Å².